The van der Waals surface area contributed by atoms with E-state index in [0.717, 1.165) is 16.5 Å². The van der Waals surface area contributed by atoms with Crippen LogP contribution in [0.25, 0.3) is 10.8 Å². The van der Waals surface area contributed by atoms with E-state index < -0.39 is 5.82 Å². The summed E-state index contributed by atoms with van der Waals surface area (Å²) in [5.41, 5.74) is 1.75. The molecule has 0 spiro atoms. The number of carbonyl (C=O) groups is 1. The zero-order chi connectivity index (χ0) is 19.5. The number of hydrogen-bond acceptors (Lipinski definition) is 4. The van der Waals surface area contributed by atoms with E-state index in [0.29, 0.717) is 43.3 Å². The number of morpholine rings is 1. The second-order valence-electron chi connectivity index (χ2n) is 6.58. The molecule has 1 aliphatic rings. The third-order valence-corrected chi connectivity index (χ3v) is 4.91. The Morgan fingerprint density at radius 1 is 1.07 bits per heavy atom. The van der Waals surface area contributed by atoms with Gasteiger partial charge in [0.25, 0.3) is 5.91 Å². The third-order valence-electron chi connectivity index (χ3n) is 4.91. The number of halogens is 1. The van der Waals surface area contributed by atoms with Gasteiger partial charge in [-0.15, -0.1) is 0 Å². The van der Waals surface area contributed by atoms with Gasteiger partial charge < -0.3 is 19.7 Å². The van der Waals surface area contributed by atoms with Gasteiger partial charge in [-0.2, -0.15) is 0 Å². The quantitative estimate of drug-likeness (QED) is 0.741. The van der Waals surface area contributed by atoms with E-state index in [1.807, 2.05) is 24.3 Å². The van der Waals surface area contributed by atoms with Crippen molar-refractivity contribution in [1.82, 2.24) is 0 Å². The summed E-state index contributed by atoms with van der Waals surface area (Å²) < 4.78 is 24.7. The van der Waals surface area contributed by atoms with Gasteiger partial charge in [0.2, 0.25) is 0 Å². The Labute approximate surface area is 162 Å². The number of benzene rings is 3. The molecule has 1 aliphatic heterocycles. The van der Waals surface area contributed by atoms with Gasteiger partial charge in [-0.3, -0.25) is 4.79 Å². The van der Waals surface area contributed by atoms with E-state index in [-0.39, 0.29) is 5.91 Å². The predicted molar refractivity (Wildman–Crippen MR) is 108 cm³/mol. The average molecular weight is 380 g/mol. The Morgan fingerprint density at radius 3 is 2.57 bits per heavy atom. The van der Waals surface area contributed by atoms with Crippen LogP contribution >= 0.6 is 0 Å². The van der Waals surface area contributed by atoms with Crippen LogP contribution in [-0.2, 0) is 4.74 Å². The zero-order valence-corrected chi connectivity index (χ0v) is 15.6. The number of amides is 1. The first-order valence-electron chi connectivity index (χ1n) is 9.16. The van der Waals surface area contributed by atoms with Gasteiger partial charge in [-0.1, -0.05) is 24.3 Å². The fourth-order valence-corrected chi connectivity index (χ4v) is 3.53. The van der Waals surface area contributed by atoms with Gasteiger partial charge in [0.15, 0.2) is 0 Å². The maximum atomic E-state index is 13.9. The first kappa shape index (κ1) is 18.3. The zero-order valence-electron chi connectivity index (χ0n) is 15.6. The minimum atomic E-state index is -0.396. The molecule has 0 radical (unpaired) electrons. The van der Waals surface area contributed by atoms with E-state index >= 15 is 0 Å². The molecule has 3 aromatic carbocycles. The number of anilines is 2. The van der Waals surface area contributed by atoms with E-state index in [9.17, 15) is 9.18 Å². The van der Waals surface area contributed by atoms with Crippen LogP contribution in [0.4, 0.5) is 15.8 Å². The summed E-state index contributed by atoms with van der Waals surface area (Å²) in [4.78, 5) is 15.1. The molecule has 0 atom stereocenters. The van der Waals surface area contributed by atoms with Crippen molar-refractivity contribution in [3.8, 4) is 5.75 Å². The fourth-order valence-electron chi connectivity index (χ4n) is 3.53. The third kappa shape index (κ3) is 3.51. The molecule has 0 saturated carbocycles. The lowest BCUT2D eigenvalue weighted by atomic mass is 10.0. The number of nitrogens with zero attached hydrogens (tertiary/aromatic N) is 1. The minimum Gasteiger partial charge on any atom is -0.496 e. The molecule has 1 N–H and O–H groups in total. The van der Waals surface area contributed by atoms with E-state index in [1.54, 1.807) is 25.3 Å². The lowest BCUT2D eigenvalue weighted by molar-refractivity contribution is 0.102. The number of nitrogens with one attached hydrogen (secondary N) is 1. The standard InChI is InChI=1S/C22H21FN2O3/c1-27-21-9-7-18(16-4-2-3-5-17(16)21)22(26)24-19-14-15(23)6-8-20(19)25-10-12-28-13-11-25/h2-9,14H,10-13H2,1H3,(H,24,26). The number of fused-ring (bicyclic) bond motifs is 1. The average Bonchev–Trinajstić information content (AvgIpc) is 2.73. The number of hydrogen-bond donors (Lipinski definition) is 1. The Kier molecular flexibility index (Phi) is 5.12. The maximum Gasteiger partial charge on any atom is 0.256 e. The summed E-state index contributed by atoms with van der Waals surface area (Å²) in [7, 11) is 1.60. The SMILES string of the molecule is COc1ccc(C(=O)Nc2cc(F)ccc2N2CCOCC2)c2ccccc12. The highest BCUT2D eigenvalue weighted by molar-refractivity contribution is 6.14. The number of carbonyl (C=O) groups excluding carboxylic acids is 1. The summed E-state index contributed by atoms with van der Waals surface area (Å²) in [5, 5.41) is 4.53. The van der Waals surface area contributed by atoms with Crippen LogP contribution in [0.3, 0.4) is 0 Å². The highest BCUT2D eigenvalue weighted by atomic mass is 19.1. The van der Waals surface area contributed by atoms with Gasteiger partial charge in [0, 0.05) is 24.0 Å². The van der Waals surface area contributed by atoms with Crippen LogP contribution in [-0.4, -0.2) is 39.3 Å². The molecule has 3 aromatic rings. The molecule has 1 fully saturated rings. The molecule has 0 unspecified atom stereocenters. The lowest BCUT2D eigenvalue weighted by Crippen LogP contribution is -2.36. The Morgan fingerprint density at radius 2 is 1.82 bits per heavy atom. The van der Waals surface area contributed by atoms with E-state index in [2.05, 4.69) is 10.2 Å². The van der Waals surface area contributed by atoms with Gasteiger partial charge >= 0.3 is 0 Å². The summed E-state index contributed by atoms with van der Waals surface area (Å²) in [5.74, 6) is 0.0118. The Hall–Kier alpha value is -3.12. The largest absolute Gasteiger partial charge is 0.496 e. The first-order chi connectivity index (χ1) is 13.7. The normalized spacial score (nSPS) is 14.1. The van der Waals surface area contributed by atoms with Crippen molar-refractivity contribution in [3.05, 3.63) is 66.0 Å². The molecule has 144 valence electrons. The van der Waals surface area contributed by atoms with E-state index in [1.165, 1.54) is 12.1 Å². The van der Waals surface area contributed by atoms with Crippen LogP contribution in [0, 0.1) is 5.82 Å². The van der Waals surface area contributed by atoms with Gasteiger partial charge in [0.05, 0.1) is 31.7 Å². The molecular formula is C22H21FN2O3. The molecule has 6 heteroatoms. The summed E-state index contributed by atoms with van der Waals surface area (Å²) in [6.45, 7) is 2.60. The Balaban J connectivity index is 1.70. The number of methoxy groups -OCH3 is 1. The van der Waals surface area contributed by atoms with Crippen molar-refractivity contribution >= 4 is 28.1 Å². The molecule has 1 heterocycles. The number of rotatable bonds is 4. The Bertz CT molecular complexity index is 1020. The summed E-state index contributed by atoms with van der Waals surface area (Å²) in [6, 6.07) is 15.5. The van der Waals surface area contributed by atoms with Gasteiger partial charge in [0.1, 0.15) is 11.6 Å². The van der Waals surface area contributed by atoms with Crippen molar-refractivity contribution in [2.75, 3.05) is 43.6 Å². The predicted octanol–water partition coefficient (Wildman–Crippen LogP) is 4.08. The molecule has 0 aliphatic carbocycles. The van der Waals surface area contributed by atoms with Crippen LogP contribution < -0.4 is 15.0 Å². The smallest absolute Gasteiger partial charge is 0.256 e. The topological polar surface area (TPSA) is 50.8 Å². The molecule has 1 saturated heterocycles. The lowest BCUT2D eigenvalue weighted by Gasteiger charge is -2.30. The van der Waals surface area contributed by atoms with Crippen molar-refractivity contribution < 1.29 is 18.7 Å². The highest BCUT2D eigenvalue weighted by Gasteiger charge is 2.19. The molecule has 4 rings (SSSR count). The van der Waals surface area contributed by atoms with Gasteiger partial charge in [-0.25, -0.2) is 4.39 Å². The second kappa shape index (κ2) is 7.86. The second-order valence-corrected chi connectivity index (χ2v) is 6.58. The van der Waals surface area contributed by atoms with Crippen LogP contribution in [0.2, 0.25) is 0 Å². The monoisotopic (exact) mass is 380 g/mol. The van der Waals surface area contributed by atoms with Crippen molar-refractivity contribution in [1.29, 1.82) is 0 Å². The fraction of sp³-hybridized carbons (Fsp3) is 0.227. The maximum absolute atomic E-state index is 13.9. The number of ether oxygens (including phenoxy) is 2. The van der Waals surface area contributed by atoms with Crippen LogP contribution in [0.1, 0.15) is 10.4 Å². The summed E-state index contributed by atoms with van der Waals surface area (Å²) >= 11 is 0. The van der Waals surface area contributed by atoms with Crippen molar-refractivity contribution in [3.63, 3.8) is 0 Å². The van der Waals surface area contributed by atoms with Crippen molar-refractivity contribution in [2.45, 2.75) is 0 Å². The molecular weight excluding hydrogens is 359 g/mol. The highest BCUT2D eigenvalue weighted by Crippen LogP contribution is 2.31. The van der Waals surface area contributed by atoms with Crippen LogP contribution in [0.5, 0.6) is 5.75 Å². The molecule has 5 nitrogen and oxygen atoms in total. The van der Waals surface area contributed by atoms with Gasteiger partial charge in [-0.05, 0) is 35.7 Å². The minimum absolute atomic E-state index is 0.293. The summed E-state index contributed by atoms with van der Waals surface area (Å²) in [6.07, 6.45) is 0. The van der Waals surface area contributed by atoms with Crippen molar-refractivity contribution in [2.24, 2.45) is 0 Å². The van der Waals surface area contributed by atoms with E-state index in [4.69, 9.17) is 9.47 Å². The molecule has 28 heavy (non-hydrogen) atoms. The molecule has 1 amide bonds. The van der Waals surface area contributed by atoms with Crippen LogP contribution in [0.15, 0.2) is 54.6 Å². The molecule has 0 bridgehead atoms. The first-order valence-corrected chi connectivity index (χ1v) is 9.16. The molecule has 0 aromatic heterocycles.